The Labute approximate surface area is 124 Å². The first kappa shape index (κ1) is 13.7. The molecule has 7 heteroatoms. The third-order valence-corrected chi connectivity index (χ3v) is 3.29. The molecule has 0 unspecified atom stereocenters. The van der Waals surface area contributed by atoms with Crippen LogP contribution in [0.4, 0.5) is 4.39 Å². The number of halogens is 1. The molecular formula is C15H10FN5O. The van der Waals surface area contributed by atoms with E-state index in [4.69, 9.17) is 11.0 Å². The monoisotopic (exact) mass is 295 g/mol. The Morgan fingerprint density at radius 2 is 2.18 bits per heavy atom. The molecule has 0 fully saturated rings. The molecule has 3 aromatic rings. The van der Waals surface area contributed by atoms with Gasteiger partial charge in [-0.1, -0.05) is 0 Å². The van der Waals surface area contributed by atoms with Gasteiger partial charge in [-0.3, -0.25) is 4.79 Å². The minimum atomic E-state index is -0.662. The number of aromatic nitrogens is 3. The number of nitrogens with two attached hydrogens (primary N) is 1. The highest BCUT2D eigenvalue weighted by atomic mass is 19.1. The molecule has 0 bridgehead atoms. The van der Waals surface area contributed by atoms with Crippen LogP contribution < -0.4 is 5.73 Å². The predicted molar refractivity (Wildman–Crippen MR) is 76.4 cm³/mol. The molecule has 0 aliphatic rings. The first-order valence-corrected chi connectivity index (χ1v) is 6.36. The van der Waals surface area contributed by atoms with E-state index in [-0.39, 0.29) is 16.8 Å². The third-order valence-electron chi connectivity index (χ3n) is 3.29. The highest BCUT2D eigenvalue weighted by Gasteiger charge is 2.16. The number of primary amides is 1. The number of nitrogens with zero attached hydrogens (tertiary/aromatic N) is 4. The zero-order chi connectivity index (χ0) is 15.9. The maximum absolute atomic E-state index is 14.0. The second kappa shape index (κ2) is 4.93. The fourth-order valence-corrected chi connectivity index (χ4v) is 2.22. The van der Waals surface area contributed by atoms with Crippen molar-refractivity contribution in [1.82, 2.24) is 14.6 Å². The van der Waals surface area contributed by atoms with Crippen LogP contribution in [0.25, 0.3) is 16.9 Å². The highest BCUT2D eigenvalue weighted by molar-refractivity contribution is 5.98. The van der Waals surface area contributed by atoms with Gasteiger partial charge in [-0.25, -0.2) is 13.9 Å². The van der Waals surface area contributed by atoms with Gasteiger partial charge in [0.05, 0.1) is 23.5 Å². The largest absolute Gasteiger partial charge is 0.365 e. The molecule has 0 saturated carbocycles. The van der Waals surface area contributed by atoms with Gasteiger partial charge in [-0.15, -0.1) is 0 Å². The first-order chi connectivity index (χ1) is 10.5. The van der Waals surface area contributed by atoms with Crippen molar-refractivity contribution < 1.29 is 9.18 Å². The van der Waals surface area contributed by atoms with E-state index in [0.29, 0.717) is 17.0 Å². The molecule has 2 heterocycles. The van der Waals surface area contributed by atoms with Crippen molar-refractivity contribution in [2.45, 2.75) is 6.92 Å². The van der Waals surface area contributed by atoms with Crippen LogP contribution in [-0.2, 0) is 0 Å². The van der Waals surface area contributed by atoms with Crippen molar-refractivity contribution in [2.75, 3.05) is 0 Å². The van der Waals surface area contributed by atoms with E-state index in [2.05, 4.69) is 10.1 Å². The van der Waals surface area contributed by atoms with Gasteiger partial charge in [0.2, 0.25) is 0 Å². The van der Waals surface area contributed by atoms with Crippen LogP contribution in [0, 0.1) is 24.1 Å². The van der Waals surface area contributed by atoms with Gasteiger partial charge in [0.25, 0.3) is 5.91 Å². The van der Waals surface area contributed by atoms with E-state index < -0.39 is 11.7 Å². The molecule has 108 valence electrons. The molecular weight excluding hydrogens is 285 g/mol. The van der Waals surface area contributed by atoms with Crippen molar-refractivity contribution in [3.8, 4) is 17.3 Å². The van der Waals surface area contributed by atoms with Crippen LogP contribution in [-0.4, -0.2) is 20.5 Å². The van der Waals surface area contributed by atoms with Gasteiger partial charge < -0.3 is 5.73 Å². The summed E-state index contributed by atoms with van der Waals surface area (Å²) in [6.07, 6.45) is 1.32. The van der Waals surface area contributed by atoms with Crippen molar-refractivity contribution >= 4 is 11.6 Å². The first-order valence-electron chi connectivity index (χ1n) is 6.36. The number of aryl methyl sites for hydroxylation is 1. The van der Waals surface area contributed by atoms with E-state index >= 15 is 0 Å². The average molecular weight is 295 g/mol. The summed E-state index contributed by atoms with van der Waals surface area (Å²) in [6.45, 7) is 1.75. The van der Waals surface area contributed by atoms with E-state index in [0.717, 1.165) is 0 Å². The number of fused-ring (bicyclic) bond motifs is 1. The second-order valence-electron chi connectivity index (χ2n) is 4.75. The topological polar surface area (TPSA) is 97.1 Å². The Bertz CT molecular complexity index is 954. The number of nitriles is 1. The number of amides is 1. The molecule has 0 saturated heterocycles. The van der Waals surface area contributed by atoms with Crippen molar-refractivity contribution in [3.63, 3.8) is 0 Å². The Morgan fingerprint density at radius 1 is 1.41 bits per heavy atom. The standard InChI is InChI=1S/C15H10FN5O/c1-8-4-13(10-5-9(6-17)2-3-12(10)16)20-15-11(14(18)22)7-19-21(8)15/h2-5,7H,1H3,(H2,18,22). The Hall–Kier alpha value is -3.27. The molecule has 3 rings (SSSR count). The lowest BCUT2D eigenvalue weighted by atomic mass is 10.1. The molecule has 0 aliphatic heterocycles. The van der Waals surface area contributed by atoms with Gasteiger partial charge in [0.1, 0.15) is 11.4 Å². The van der Waals surface area contributed by atoms with Crippen LogP contribution in [0.3, 0.4) is 0 Å². The minimum absolute atomic E-state index is 0.154. The Morgan fingerprint density at radius 3 is 2.86 bits per heavy atom. The van der Waals surface area contributed by atoms with Crippen molar-refractivity contribution in [1.29, 1.82) is 5.26 Å². The Balaban J connectivity index is 2.30. The molecule has 0 atom stereocenters. The lowest BCUT2D eigenvalue weighted by Crippen LogP contribution is -2.11. The summed E-state index contributed by atoms with van der Waals surface area (Å²) in [6, 6.07) is 7.59. The molecule has 1 aromatic carbocycles. The van der Waals surface area contributed by atoms with E-state index in [1.54, 1.807) is 13.0 Å². The van der Waals surface area contributed by atoms with Crippen LogP contribution in [0.5, 0.6) is 0 Å². The Kier molecular flexibility index (Phi) is 3.07. The van der Waals surface area contributed by atoms with Gasteiger partial charge in [-0.05, 0) is 31.2 Å². The number of rotatable bonds is 2. The number of hydrogen-bond acceptors (Lipinski definition) is 4. The van der Waals surface area contributed by atoms with Crippen LogP contribution >= 0.6 is 0 Å². The smallest absolute Gasteiger partial charge is 0.254 e. The van der Waals surface area contributed by atoms with Crippen LogP contribution in [0.15, 0.2) is 30.5 Å². The van der Waals surface area contributed by atoms with E-state index in [1.165, 1.54) is 28.9 Å². The number of carbonyl (C=O) groups is 1. The fraction of sp³-hybridized carbons (Fsp3) is 0.0667. The molecule has 6 nitrogen and oxygen atoms in total. The van der Waals surface area contributed by atoms with Crippen molar-refractivity contribution in [2.24, 2.45) is 5.73 Å². The SMILES string of the molecule is Cc1cc(-c2cc(C#N)ccc2F)nc2c(C(N)=O)cnn12. The number of carbonyl (C=O) groups excluding carboxylic acids is 1. The second-order valence-corrected chi connectivity index (χ2v) is 4.75. The molecule has 0 radical (unpaired) electrons. The van der Waals surface area contributed by atoms with Gasteiger partial charge in [0.15, 0.2) is 5.65 Å². The molecule has 22 heavy (non-hydrogen) atoms. The normalized spacial score (nSPS) is 10.6. The maximum Gasteiger partial charge on any atom is 0.254 e. The van der Waals surface area contributed by atoms with Crippen LogP contribution in [0.1, 0.15) is 21.6 Å². The lowest BCUT2D eigenvalue weighted by Gasteiger charge is -2.07. The van der Waals surface area contributed by atoms with E-state index in [9.17, 15) is 9.18 Å². The third kappa shape index (κ3) is 2.07. The summed E-state index contributed by atoms with van der Waals surface area (Å²) in [5.41, 5.74) is 7.17. The molecule has 0 aliphatic carbocycles. The summed E-state index contributed by atoms with van der Waals surface area (Å²) < 4.78 is 15.5. The zero-order valence-corrected chi connectivity index (χ0v) is 11.5. The number of hydrogen-bond donors (Lipinski definition) is 1. The van der Waals surface area contributed by atoms with Gasteiger partial charge in [0, 0.05) is 11.3 Å². The number of benzene rings is 1. The predicted octanol–water partition coefficient (Wildman–Crippen LogP) is 1.81. The van der Waals surface area contributed by atoms with Crippen molar-refractivity contribution in [3.05, 3.63) is 53.1 Å². The maximum atomic E-state index is 14.0. The van der Waals surface area contributed by atoms with Gasteiger partial charge >= 0.3 is 0 Å². The fourth-order valence-electron chi connectivity index (χ4n) is 2.22. The minimum Gasteiger partial charge on any atom is -0.365 e. The van der Waals surface area contributed by atoms with Gasteiger partial charge in [-0.2, -0.15) is 10.4 Å². The summed E-state index contributed by atoms with van der Waals surface area (Å²) in [4.78, 5) is 15.7. The highest BCUT2D eigenvalue weighted by Crippen LogP contribution is 2.24. The molecule has 2 aromatic heterocycles. The molecule has 1 amide bonds. The summed E-state index contributed by atoms with van der Waals surface area (Å²) >= 11 is 0. The van der Waals surface area contributed by atoms with E-state index in [1.807, 2.05) is 6.07 Å². The summed E-state index contributed by atoms with van der Waals surface area (Å²) in [7, 11) is 0. The lowest BCUT2D eigenvalue weighted by molar-refractivity contribution is 0.100. The van der Waals surface area contributed by atoms with Crippen LogP contribution in [0.2, 0.25) is 0 Å². The summed E-state index contributed by atoms with van der Waals surface area (Å²) in [5.74, 6) is -1.17. The quantitative estimate of drug-likeness (QED) is 0.779. The average Bonchev–Trinajstić information content (AvgIpc) is 2.92. The summed E-state index contributed by atoms with van der Waals surface area (Å²) in [5, 5.41) is 13.0. The molecule has 2 N–H and O–H groups in total. The molecule has 0 spiro atoms. The zero-order valence-electron chi connectivity index (χ0n) is 11.5.